The first kappa shape index (κ1) is 13.8. The molecule has 20 heavy (non-hydrogen) atoms. The Morgan fingerprint density at radius 1 is 1.45 bits per heavy atom. The molecule has 6 heteroatoms. The zero-order chi connectivity index (χ0) is 14.7. The lowest BCUT2D eigenvalue weighted by atomic mass is 10.1. The number of carbonyl (C=O) groups excluding carboxylic acids is 1. The number of carbonyl (C=O) groups is 1. The van der Waals surface area contributed by atoms with Crippen LogP contribution in [0.1, 0.15) is 22.8 Å². The minimum absolute atomic E-state index is 0.0676. The Hall–Kier alpha value is -2.58. The SMILES string of the molecule is CC(=O)c1cc(N)ccc1Oc1nccc(C#N)c1Cl. The molecular weight excluding hydrogens is 278 g/mol. The number of nitrogens with two attached hydrogens (primary N) is 1. The molecule has 1 aromatic carbocycles. The normalized spacial score (nSPS) is 9.85. The summed E-state index contributed by atoms with van der Waals surface area (Å²) in [5, 5.41) is 9.00. The van der Waals surface area contributed by atoms with Crippen molar-refractivity contribution in [2.24, 2.45) is 0 Å². The molecule has 0 aliphatic carbocycles. The Morgan fingerprint density at radius 3 is 2.85 bits per heavy atom. The number of aromatic nitrogens is 1. The molecule has 0 aliphatic heterocycles. The van der Waals surface area contributed by atoms with Crippen LogP contribution in [0.3, 0.4) is 0 Å². The van der Waals surface area contributed by atoms with Crippen molar-refractivity contribution < 1.29 is 9.53 Å². The number of Topliss-reactive ketones (excluding diaryl/α,β-unsaturated/α-hetero) is 1. The summed E-state index contributed by atoms with van der Waals surface area (Å²) in [6.45, 7) is 1.41. The number of halogens is 1. The van der Waals surface area contributed by atoms with Gasteiger partial charge in [0.25, 0.3) is 0 Å². The van der Waals surface area contributed by atoms with Crippen LogP contribution in [0.25, 0.3) is 0 Å². The third-order valence-electron chi connectivity index (χ3n) is 2.57. The number of ketones is 1. The van der Waals surface area contributed by atoms with Gasteiger partial charge in [0.2, 0.25) is 5.88 Å². The number of hydrogen-bond acceptors (Lipinski definition) is 5. The summed E-state index contributed by atoms with van der Waals surface area (Å²) in [5.41, 5.74) is 6.66. The van der Waals surface area contributed by atoms with E-state index >= 15 is 0 Å². The second-order valence-corrected chi connectivity index (χ2v) is 4.38. The highest BCUT2D eigenvalue weighted by molar-refractivity contribution is 6.33. The highest BCUT2D eigenvalue weighted by Crippen LogP contribution is 2.32. The predicted molar refractivity (Wildman–Crippen MR) is 74.9 cm³/mol. The minimum atomic E-state index is -0.195. The van der Waals surface area contributed by atoms with Gasteiger partial charge in [-0.15, -0.1) is 0 Å². The molecule has 1 heterocycles. The number of anilines is 1. The fraction of sp³-hybridized carbons (Fsp3) is 0.0714. The van der Waals surface area contributed by atoms with Gasteiger partial charge in [-0.25, -0.2) is 4.98 Å². The van der Waals surface area contributed by atoms with Crippen LogP contribution < -0.4 is 10.5 Å². The van der Waals surface area contributed by atoms with Gasteiger partial charge in [0.1, 0.15) is 16.8 Å². The molecule has 0 amide bonds. The molecule has 1 aromatic heterocycles. The maximum Gasteiger partial charge on any atom is 0.239 e. The Balaban J connectivity index is 2.46. The van der Waals surface area contributed by atoms with Crippen LogP contribution in [-0.2, 0) is 0 Å². The number of hydrogen-bond donors (Lipinski definition) is 1. The third-order valence-corrected chi connectivity index (χ3v) is 2.93. The fourth-order valence-corrected chi connectivity index (χ4v) is 1.79. The lowest BCUT2D eigenvalue weighted by Gasteiger charge is -2.10. The molecule has 0 spiro atoms. The molecule has 0 saturated heterocycles. The molecule has 0 saturated carbocycles. The number of nitrogens with zero attached hydrogens (tertiary/aromatic N) is 2. The van der Waals surface area contributed by atoms with Crippen molar-refractivity contribution in [3.05, 3.63) is 46.6 Å². The molecule has 2 aromatic rings. The summed E-state index contributed by atoms with van der Waals surface area (Å²) in [5.74, 6) is 0.161. The van der Waals surface area contributed by atoms with E-state index in [-0.39, 0.29) is 28.0 Å². The van der Waals surface area contributed by atoms with E-state index in [1.165, 1.54) is 25.3 Å². The largest absolute Gasteiger partial charge is 0.437 e. The van der Waals surface area contributed by atoms with Gasteiger partial charge in [-0.05, 0) is 31.2 Å². The minimum Gasteiger partial charge on any atom is -0.437 e. The smallest absolute Gasteiger partial charge is 0.239 e. The van der Waals surface area contributed by atoms with E-state index in [1.54, 1.807) is 12.1 Å². The maximum absolute atomic E-state index is 11.6. The standard InChI is InChI=1S/C14H10ClN3O2/c1-8(19)11-6-10(17)2-3-12(11)20-14-13(15)9(7-16)4-5-18-14/h2-6H,17H2,1H3. The first-order chi connectivity index (χ1) is 9.52. The summed E-state index contributed by atoms with van der Waals surface area (Å²) < 4.78 is 5.53. The number of nitriles is 1. The van der Waals surface area contributed by atoms with E-state index in [4.69, 9.17) is 27.3 Å². The van der Waals surface area contributed by atoms with Crippen molar-refractivity contribution >= 4 is 23.1 Å². The fourth-order valence-electron chi connectivity index (χ4n) is 1.60. The van der Waals surface area contributed by atoms with E-state index in [0.717, 1.165) is 0 Å². The van der Waals surface area contributed by atoms with E-state index < -0.39 is 0 Å². The summed E-state index contributed by atoms with van der Waals surface area (Å²) in [7, 11) is 0. The Bertz CT molecular complexity index is 723. The van der Waals surface area contributed by atoms with Gasteiger partial charge in [0, 0.05) is 11.9 Å². The summed E-state index contributed by atoms with van der Waals surface area (Å²) in [4.78, 5) is 15.5. The maximum atomic E-state index is 11.6. The van der Waals surface area contributed by atoms with Crippen LogP contribution in [0.2, 0.25) is 5.02 Å². The van der Waals surface area contributed by atoms with Gasteiger partial charge >= 0.3 is 0 Å². The first-order valence-electron chi connectivity index (χ1n) is 5.66. The molecule has 0 atom stereocenters. The summed E-state index contributed by atoms with van der Waals surface area (Å²) in [6.07, 6.45) is 1.41. The molecule has 0 unspecified atom stereocenters. The molecule has 2 rings (SSSR count). The molecule has 2 N–H and O–H groups in total. The van der Waals surface area contributed by atoms with Gasteiger partial charge in [0.15, 0.2) is 5.78 Å². The average Bonchev–Trinajstić information content (AvgIpc) is 2.42. The monoisotopic (exact) mass is 287 g/mol. The van der Waals surface area contributed by atoms with Crippen LogP contribution >= 0.6 is 11.6 Å². The van der Waals surface area contributed by atoms with Crippen molar-refractivity contribution in [2.75, 3.05) is 5.73 Å². The van der Waals surface area contributed by atoms with Gasteiger partial charge in [-0.2, -0.15) is 5.26 Å². The zero-order valence-corrected chi connectivity index (χ0v) is 11.3. The predicted octanol–water partition coefficient (Wildman–Crippen LogP) is 3.18. The van der Waals surface area contributed by atoms with Crippen LogP contribution in [0.5, 0.6) is 11.6 Å². The Morgan fingerprint density at radius 2 is 2.20 bits per heavy atom. The van der Waals surface area contributed by atoms with Crippen molar-refractivity contribution in [2.45, 2.75) is 6.92 Å². The highest BCUT2D eigenvalue weighted by Gasteiger charge is 2.14. The van der Waals surface area contributed by atoms with Crippen molar-refractivity contribution in [3.63, 3.8) is 0 Å². The number of pyridine rings is 1. The second kappa shape index (κ2) is 5.59. The Labute approximate surface area is 120 Å². The molecule has 0 radical (unpaired) electrons. The number of ether oxygens (including phenoxy) is 1. The average molecular weight is 288 g/mol. The highest BCUT2D eigenvalue weighted by atomic mass is 35.5. The lowest BCUT2D eigenvalue weighted by molar-refractivity contribution is 0.101. The molecule has 100 valence electrons. The summed E-state index contributed by atoms with van der Waals surface area (Å²) >= 11 is 6.00. The molecule has 0 aliphatic rings. The second-order valence-electron chi connectivity index (χ2n) is 4.00. The van der Waals surface area contributed by atoms with Gasteiger partial charge in [-0.3, -0.25) is 4.79 Å². The third kappa shape index (κ3) is 2.71. The zero-order valence-electron chi connectivity index (χ0n) is 10.6. The quantitative estimate of drug-likeness (QED) is 0.692. The van der Waals surface area contributed by atoms with E-state index in [1.807, 2.05) is 6.07 Å². The van der Waals surface area contributed by atoms with Crippen LogP contribution in [0.4, 0.5) is 5.69 Å². The van der Waals surface area contributed by atoms with Crippen molar-refractivity contribution in [1.82, 2.24) is 4.98 Å². The first-order valence-corrected chi connectivity index (χ1v) is 6.03. The van der Waals surface area contributed by atoms with Crippen LogP contribution in [0.15, 0.2) is 30.5 Å². The van der Waals surface area contributed by atoms with Crippen LogP contribution in [-0.4, -0.2) is 10.8 Å². The molecule has 5 nitrogen and oxygen atoms in total. The number of benzene rings is 1. The van der Waals surface area contributed by atoms with Crippen molar-refractivity contribution in [1.29, 1.82) is 5.26 Å². The van der Waals surface area contributed by atoms with Gasteiger partial charge in [-0.1, -0.05) is 11.6 Å². The number of rotatable bonds is 3. The lowest BCUT2D eigenvalue weighted by Crippen LogP contribution is -2.00. The number of nitrogen functional groups attached to an aromatic ring is 1. The molecule has 0 fully saturated rings. The topological polar surface area (TPSA) is 89.0 Å². The molecule has 0 bridgehead atoms. The summed E-state index contributed by atoms with van der Waals surface area (Å²) in [6, 6.07) is 8.08. The van der Waals surface area contributed by atoms with E-state index in [0.29, 0.717) is 11.3 Å². The van der Waals surface area contributed by atoms with E-state index in [9.17, 15) is 4.79 Å². The van der Waals surface area contributed by atoms with E-state index in [2.05, 4.69) is 4.98 Å². The van der Waals surface area contributed by atoms with Gasteiger partial charge < -0.3 is 10.5 Å². The molecular formula is C14H10ClN3O2. The van der Waals surface area contributed by atoms with Gasteiger partial charge in [0.05, 0.1) is 11.1 Å². The van der Waals surface area contributed by atoms with Crippen molar-refractivity contribution in [3.8, 4) is 17.7 Å². The van der Waals surface area contributed by atoms with Crippen LogP contribution in [0, 0.1) is 11.3 Å². The Kier molecular flexibility index (Phi) is 3.87.